The zero-order valence-corrected chi connectivity index (χ0v) is 11.1. The molecule has 1 aromatic heterocycles. The number of pyridine rings is 1. The number of nitrogens with zero attached hydrogens (tertiary/aromatic N) is 2. The van der Waals surface area contributed by atoms with Crippen molar-refractivity contribution in [1.29, 1.82) is 0 Å². The van der Waals surface area contributed by atoms with Gasteiger partial charge in [-0.05, 0) is 12.5 Å². The molecule has 0 aromatic carbocycles. The summed E-state index contributed by atoms with van der Waals surface area (Å²) in [7, 11) is 0. The third kappa shape index (κ3) is 3.72. The monoisotopic (exact) mass is 272 g/mol. The molecule has 3 nitrogen and oxygen atoms in total. The van der Waals surface area contributed by atoms with E-state index in [2.05, 4.69) is 11.6 Å². The maximum absolute atomic E-state index is 12.2. The Labute approximate surface area is 111 Å². The summed E-state index contributed by atoms with van der Waals surface area (Å²) in [6, 6.07) is 1.48. The van der Waals surface area contributed by atoms with Crippen LogP contribution in [0.1, 0.15) is 23.7 Å². The SMILES string of the molecule is C=CCN(CCC)C(=O)c1cc(Cl)ncc1Cl. The average molecular weight is 273 g/mol. The molecule has 0 spiro atoms. The fourth-order valence-corrected chi connectivity index (χ4v) is 1.79. The molecule has 0 saturated heterocycles. The number of aromatic nitrogens is 1. The van der Waals surface area contributed by atoms with E-state index >= 15 is 0 Å². The summed E-state index contributed by atoms with van der Waals surface area (Å²) in [5.41, 5.74) is 0.377. The minimum Gasteiger partial charge on any atom is -0.335 e. The number of halogens is 2. The third-order valence-corrected chi connectivity index (χ3v) is 2.69. The standard InChI is InChI=1S/C12H14Cl2N2O/c1-3-5-16(6-4-2)12(17)9-7-11(14)15-8-10(9)13/h3,7-8H,1,4-6H2,2H3. The third-order valence-electron chi connectivity index (χ3n) is 2.18. The molecule has 0 fully saturated rings. The maximum atomic E-state index is 12.2. The normalized spacial score (nSPS) is 10.1. The predicted octanol–water partition coefficient (Wildman–Crippen LogP) is 3.43. The van der Waals surface area contributed by atoms with Crippen LogP contribution in [-0.2, 0) is 0 Å². The van der Waals surface area contributed by atoms with E-state index in [4.69, 9.17) is 23.2 Å². The van der Waals surface area contributed by atoms with Gasteiger partial charge in [0.05, 0.1) is 10.6 Å². The molecule has 0 N–H and O–H groups in total. The van der Waals surface area contributed by atoms with E-state index in [1.165, 1.54) is 12.3 Å². The van der Waals surface area contributed by atoms with Crippen LogP contribution in [0.5, 0.6) is 0 Å². The van der Waals surface area contributed by atoms with Gasteiger partial charge in [-0.15, -0.1) is 6.58 Å². The molecule has 5 heteroatoms. The van der Waals surface area contributed by atoms with Crippen LogP contribution in [0.25, 0.3) is 0 Å². The van der Waals surface area contributed by atoms with Crippen LogP contribution < -0.4 is 0 Å². The van der Waals surface area contributed by atoms with Crippen molar-refractivity contribution < 1.29 is 4.79 Å². The Balaban J connectivity index is 2.99. The van der Waals surface area contributed by atoms with E-state index in [9.17, 15) is 4.79 Å². The van der Waals surface area contributed by atoms with Gasteiger partial charge in [0.15, 0.2) is 0 Å². The molecule has 0 aliphatic rings. The molecule has 0 aliphatic heterocycles. The zero-order chi connectivity index (χ0) is 12.8. The van der Waals surface area contributed by atoms with Crippen molar-refractivity contribution in [2.75, 3.05) is 13.1 Å². The fraction of sp³-hybridized carbons (Fsp3) is 0.333. The number of carbonyl (C=O) groups is 1. The molecule has 1 aromatic rings. The second-order valence-electron chi connectivity index (χ2n) is 3.53. The molecule has 1 rings (SSSR count). The van der Waals surface area contributed by atoms with E-state index in [1.54, 1.807) is 11.0 Å². The second-order valence-corrected chi connectivity index (χ2v) is 4.32. The molecule has 0 aliphatic carbocycles. The first-order valence-corrected chi connectivity index (χ1v) is 6.07. The van der Waals surface area contributed by atoms with Crippen molar-refractivity contribution in [1.82, 2.24) is 9.88 Å². The van der Waals surface area contributed by atoms with E-state index in [1.807, 2.05) is 6.92 Å². The van der Waals surface area contributed by atoms with Crippen LogP contribution in [-0.4, -0.2) is 28.9 Å². The number of amides is 1. The molecule has 1 heterocycles. The van der Waals surface area contributed by atoms with Gasteiger partial charge in [-0.3, -0.25) is 4.79 Å². The lowest BCUT2D eigenvalue weighted by molar-refractivity contribution is 0.0774. The molecule has 0 atom stereocenters. The van der Waals surface area contributed by atoms with Crippen LogP contribution in [0, 0.1) is 0 Å². The van der Waals surface area contributed by atoms with Crippen LogP contribution >= 0.6 is 23.2 Å². The van der Waals surface area contributed by atoms with Gasteiger partial charge in [0.25, 0.3) is 5.91 Å². The lowest BCUT2D eigenvalue weighted by atomic mass is 10.2. The van der Waals surface area contributed by atoms with E-state index in [0.29, 0.717) is 23.7 Å². The summed E-state index contributed by atoms with van der Waals surface area (Å²) in [5, 5.41) is 0.567. The topological polar surface area (TPSA) is 33.2 Å². The van der Waals surface area contributed by atoms with Gasteiger partial charge in [-0.2, -0.15) is 0 Å². The van der Waals surface area contributed by atoms with E-state index in [0.717, 1.165) is 6.42 Å². The van der Waals surface area contributed by atoms with Gasteiger partial charge in [-0.25, -0.2) is 4.98 Å². The molecule has 0 bridgehead atoms. The largest absolute Gasteiger partial charge is 0.335 e. The van der Waals surface area contributed by atoms with E-state index in [-0.39, 0.29) is 11.1 Å². The summed E-state index contributed by atoms with van der Waals surface area (Å²) in [6.07, 6.45) is 3.94. The quantitative estimate of drug-likeness (QED) is 0.608. The summed E-state index contributed by atoms with van der Waals surface area (Å²) in [5.74, 6) is -0.152. The number of hydrogen-bond donors (Lipinski definition) is 0. The van der Waals surface area contributed by atoms with Crippen LogP contribution in [0.4, 0.5) is 0 Å². The summed E-state index contributed by atoms with van der Waals surface area (Å²) < 4.78 is 0. The lowest BCUT2D eigenvalue weighted by Crippen LogP contribution is -2.32. The Morgan fingerprint density at radius 2 is 2.29 bits per heavy atom. The van der Waals surface area contributed by atoms with Crippen molar-refractivity contribution in [2.45, 2.75) is 13.3 Å². The van der Waals surface area contributed by atoms with Gasteiger partial charge in [-0.1, -0.05) is 36.2 Å². The van der Waals surface area contributed by atoms with Crippen molar-refractivity contribution >= 4 is 29.1 Å². The van der Waals surface area contributed by atoms with Crippen LogP contribution in [0.3, 0.4) is 0 Å². The highest BCUT2D eigenvalue weighted by Crippen LogP contribution is 2.20. The first-order valence-electron chi connectivity index (χ1n) is 5.31. The van der Waals surface area contributed by atoms with Crippen molar-refractivity contribution in [3.63, 3.8) is 0 Å². The molecule has 0 saturated carbocycles. The summed E-state index contributed by atoms with van der Waals surface area (Å²) >= 11 is 11.7. The average Bonchev–Trinajstić information content (AvgIpc) is 2.31. The van der Waals surface area contributed by atoms with E-state index < -0.39 is 0 Å². The molecule has 92 valence electrons. The maximum Gasteiger partial charge on any atom is 0.255 e. The van der Waals surface area contributed by atoms with Gasteiger partial charge in [0, 0.05) is 19.3 Å². The van der Waals surface area contributed by atoms with Gasteiger partial charge in [0.1, 0.15) is 5.15 Å². The highest BCUT2D eigenvalue weighted by Gasteiger charge is 2.17. The van der Waals surface area contributed by atoms with Crippen LogP contribution in [0.15, 0.2) is 24.9 Å². The molecule has 0 unspecified atom stereocenters. The predicted molar refractivity (Wildman–Crippen MR) is 70.6 cm³/mol. The highest BCUT2D eigenvalue weighted by atomic mass is 35.5. The Hall–Kier alpha value is -1.06. The Morgan fingerprint density at radius 1 is 1.59 bits per heavy atom. The first-order chi connectivity index (χ1) is 8.10. The number of hydrogen-bond acceptors (Lipinski definition) is 2. The minimum atomic E-state index is -0.152. The molecule has 17 heavy (non-hydrogen) atoms. The number of carbonyl (C=O) groups excluding carboxylic acids is 1. The number of rotatable bonds is 5. The van der Waals surface area contributed by atoms with Gasteiger partial charge < -0.3 is 4.90 Å². The van der Waals surface area contributed by atoms with Crippen molar-refractivity contribution in [3.8, 4) is 0 Å². The Bertz CT molecular complexity index is 421. The van der Waals surface area contributed by atoms with Gasteiger partial charge in [0.2, 0.25) is 0 Å². The smallest absolute Gasteiger partial charge is 0.255 e. The first kappa shape index (κ1) is 14.0. The fourth-order valence-electron chi connectivity index (χ4n) is 1.45. The molecule has 1 amide bonds. The zero-order valence-electron chi connectivity index (χ0n) is 9.62. The van der Waals surface area contributed by atoms with Crippen LogP contribution in [0.2, 0.25) is 10.2 Å². The highest BCUT2D eigenvalue weighted by molar-refractivity contribution is 6.35. The molecular formula is C12H14Cl2N2O. The van der Waals surface area contributed by atoms with Gasteiger partial charge >= 0.3 is 0 Å². The Morgan fingerprint density at radius 3 is 2.88 bits per heavy atom. The lowest BCUT2D eigenvalue weighted by Gasteiger charge is -2.20. The Kier molecular flexibility index (Phi) is 5.45. The molecular weight excluding hydrogens is 259 g/mol. The van der Waals surface area contributed by atoms with Crippen molar-refractivity contribution in [2.24, 2.45) is 0 Å². The molecule has 0 radical (unpaired) electrons. The second kappa shape index (κ2) is 6.62. The summed E-state index contributed by atoms with van der Waals surface area (Å²) in [4.78, 5) is 17.7. The minimum absolute atomic E-state index is 0.152. The summed E-state index contributed by atoms with van der Waals surface area (Å²) in [6.45, 7) is 6.78. The van der Waals surface area contributed by atoms with Crippen molar-refractivity contribution in [3.05, 3.63) is 40.7 Å².